The summed E-state index contributed by atoms with van der Waals surface area (Å²) in [6.07, 6.45) is 5.09. The van der Waals surface area contributed by atoms with Gasteiger partial charge >= 0.3 is 0 Å². The molecule has 1 aromatic rings. The summed E-state index contributed by atoms with van der Waals surface area (Å²) in [4.78, 5) is 25.4. The molecule has 1 amide bonds. The Morgan fingerprint density at radius 1 is 1.13 bits per heavy atom. The Hall–Kier alpha value is -1.36. The number of rotatable bonds is 6. The van der Waals surface area contributed by atoms with Crippen molar-refractivity contribution in [2.24, 2.45) is 16.8 Å². The van der Waals surface area contributed by atoms with Crippen LogP contribution in [0.15, 0.2) is 9.41 Å². The highest BCUT2D eigenvalue weighted by molar-refractivity contribution is 14.0. The van der Waals surface area contributed by atoms with Gasteiger partial charge in [0.25, 0.3) is 0 Å². The number of carbonyl (C=O) groups is 1. The molecule has 0 radical (unpaired) electrons. The first-order valence-corrected chi connectivity index (χ1v) is 11.3. The molecule has 2 fully saturated rings. The molecule has 2 aliphatic heterocycles. The first kappa shape index (κ1) is 25.9. The Morgan fingerprint density at radius 3 is 2.32 bits per heavy atom. The molecule has 0 bridgehead atoms. The minimum Gasteiger partial charge on any atom is -0.444 e. The summed E-state index contributed by atoms with van der Waals surface area (Å²) < 4.78 is 5.73. The number of piperidine rings is 2. The smallest absolute Gasteiger partial charge is 0.220 e. The first-order chi connectivity index (χ1) is 14.5. The molecule has 176 valence electrons. The molecular weight excluding hydrogens is 507 g/mol. The Bertz CT molecular complexity index is 702. The lowest BCUT2D eigenvalue weighted by molar-refractivity contribution is -0.121. The van der Waals surface area contributed by atoms with E-state index in [9.17, 15) is 4.79 Å². The molecule has 3 rings (SSSR count). The van der Waals surface area contributed by atoms with E-state index in [2.05, 4.69) is 30.4 Å². The fourth-order valence-corrected chi connectivity index (χ4v) is 4.43. The van der Waals surface area contributed by atoms with E-state index in [4.69, 9.17) is 4.42 Å². The molecule has 0 saturated carbocycles. The molecule has 2 aliphatic rings. The van der Waals surface area contributed by atoms with Gasteiger partial charge in [-0.25, -0.2) is 4.98 Å². The molecule has 2 saturated heterocycles. The van der Waals surface area contributed by atoms with E-state index < -0.39 is 0 Å². The summed E-state index contributed by atoms with van der Waals surface area (Å²) in [6.45, 7) is 9.84. The van der Waals surface area contributed by atoms with Crippen molar-refractivity contribution in [2.45, 2.75) is 52.5 Å². The van der Waals surface area contributed by atoms with Crippen LogP contribution in [0, 0.1) is 25.7 Å². The standard InChI is InChI=1S/C22H38N6O2.HI/c1-16-17(2)30-21(26-16)15-27-9-5-19(6-10-27)14-25-22(24-4)28-11-7-18(8-12-28)13-20(29)23-3;/h18-19H,5-15H2,1-4H3,(H,23,29)(H,24,25);1H. The number of nitrogens with zero attached hydrogens (tertiary/aromatic N) is 4. The molecule has 9 heteroatoms. The van der Waals surface area contributed by atoms with Gasteiger partial charge in [0, 0.05) is 40.2 Å². The molecule has 8 nitrogen and oxygen atoms in total. The lowest BCUT2D eigenvalue weighted by Crippen LogP contribution is -2.48. The van der Waals surface area contributed by atoms with Crippen molar-refractivity contribution >= 4 is 35.8 Å². The second-order valence-electron chi connectivity index (χ2n) is 8.70. The molecule has 0 spiro atoms. The van der Waals surface area contributed by atoms with Crippen LogP contribution >= 0.6 is 24.0 Å². The molecule has 2 N–H and O–H groups in total. The predicted octanol–water partition coefficient (Wildman–Crippen LogP) is 2.54. The molecule has 31 heavy (non-hydrogen) atoms. The zero-order valence-electron chi connectivity index (χ0n) is 19.4. The van der Waals surface area contributed by atoms with Crippen molar-refractivity contribution in [3.8, 4) is 0 Å². The Labute approximate surface area is 203 Å². The van der Waals surface area contributed by atoms with E-state index in [0.717, 1.165) is 75.4 Å². The number of aryl methyl sites for hydroxylation is 2. The maximum Gasteiger partial charge on any atom is 0.220 e. The number of aliphatic imine (C=N–C) groups is 1. The summed E-state index contributed by atoms with van der Waals surface area (Å²) in [5.41, 5.74) is 0.994. The van der Waals surface area contributed by atoms with Crippen molar-refractivity contribution in [3.63, 3.8) is 0 Å². The minimum atomic E-state index is 0. The van der Waals surface area contributed by atoms with Gasteiger partial charge < -0.3 is 20.0 Å². The van der Waals surface area contributed by atoms with Crippen LogP contribution in [0.5, 0.6) is 0 Å². The molecular formula is C22H39IN6O2. The molecule has 0 atom stereocenters. The third-order valence-corrected chi connectivity index (χ3v) is 6.57. The Morgan fingerprint density at radius 2 is 1.77 bits per heavy atom. The van der Waals surface area contributed by atoms with E-state index in [-0.39, 0.29) is 29.9 Å². The number of oxazole rings is 1. The van der Waals surface area contributed by atoms with Gasteiger partial charge in [-0.2, -0.15) is 0 Å². The first-order valence-electron chi connectivity index (χ1n) is 11.3. The van der Waals surface area contributed by atoms with E-state index in [1.807, 2.05) is 20.9 Å². The summed E-state index contributed by atoms with van der Waals surface area (Å²) in [6, 6.07) is 0. The van der Waals surface area contributed by atoms with Crippen LogP contribution < -0.4 is 10.6 Å². The van der Waals surface area contributed by atoms with Crippen molar-refractivity contribution in [2.75, 3.05) is 46.8 Å². The van der Waals surface area contributed by atoms with Gasteiger partial charge in [0.05, 0.1) is 12.2 Å². The summed E-state index contributed by atoms with van der Waals surface area (Å²) in [5.74, 6) is 4.06. The highest BCUT2D eigenvalue weighted by atomic mass is 127. The topological polar surface area (TPSA) is 86.0 Å². The molecule has 1 aromatic heterocycles. The lowest BCUT2D eigenvalue weighted by Gasteiger charge is -2.35. The fourth-order valence-electron chi connectivity index (χ4n) is 4.43. The number of nitrogens with one attached hydrogen (secondary N) is 2. The number of hydrogen-bond donors (Lipinski definition) is 2. The van der Waals surface area contributed by atoms with Gasteiger partial charge in [-0.3, -0.25) is 14.7 Å². The van der Waals surface area contributed by atoms with Crippen molar-refractivity contribution in [3.05, 3.63) is 17.3 Å². The van der Waals surface area contributed by atoms with E-state index in [1.54, 1.807) is 7.05 Å². The zero-order valence-corrected chi connectivity index (χ0v) is 21.8. The summed E-state index contributed by atoms with van der Waals surface area (Å²) in [7, 11) is 3.57. The number of hydrogen-bond acceptors (Lipinski definition) is 5. The number of guanidine groups is 1. The number of likely N-dealkylation sites (tertiary alicyclic amines) is 2. The van der Waals surface area contributed by atoms with Gasteiger partial charge in [-0.1, -0.05) is 0 Å². The van der Waals surface area contributed by atoms with E-state index in [1.165, 1.54) is 12.8 Å². The highest BCUT2D eigenvalue weighted by Crippen LogP contribution is 2.22. The lowest BCUT2D eigenvalue weighted by atomic mass is 9.93. The Balaban J connectivity index is 0.00000341. The number of aromatic nitrogens is 1. The van der Waals surface area contributed by atoms with Crippen LogP contribution in [-0.2, 0) is 11.3 Å². The maximum atomic E-state index is 11.6. The van der Waals surface area contributed by atoms with Gasteiger partial charge in [0.1, 0.15) is 5.76 Å². The van der Waals surface area contributed by atoms with Crippen LogP contribution in [0.4, 0.5) is 0 Å². The number of halogens is 1. The van der Waals surface area contributed by atoms with E-state index >= 15 is 0 Å². The average molecular weight is 546 g/mol. The Kier molecular flexibility index (Phi) is 10.5. The third-order valence-electron chi connectivity index (χ3n) is 6.57. The van der Waals surface area contributed by atoms with Crippen molar-refractivity contribution in [1.29, 1.82) is 0 Å². The van der Waals surface area contributed by atoms with Gasteiger partial charge in [0.15, 0.2) is 5.96 Å². The molecule has 3 heterocycles. The second-order valence-corrected chi connectivity index (χ2v) is 8.70. The van der Waals surface area contributed by atoms with Crippen LogP contribution in [0.1, 0.15) is 49.4 Å². The second kappa shape index (κ2) is 12.6. The van der Waals surface area contributed by atoms with Crippen molar-refractivity contribution in [1.82, 2.24) is 25.4 Å². The van der Waals surface area contributed by atoms with Crippen LogP contribution in [0.3, 0.4) is 0 Å². The molecule has 0 aromatic carbocycles. The van der Waals surface area contributed by atoms with E-state index in [0.29, 0.717) is 18.3 Å². The maximum absolute atomic E-state index is 11.6. The summed E-state index contributed by atoms with van der Waals surface area (Å²) >= 11 is 0. The van der Waals surface area contributed by atoms with Gasteiger partial charge in [-0.15, -0.1) is 24.0 Å². The molecule has 0 aliphatic carbocycles. The highest BCUT2D eigenvalue weighted by Gasteiger charge is 2.25. The van der Waals surface area contributed by atoms with Crippen LogP contribution in [0.2, 0.25) is 0 Å². The summed E-state index contributed by atoms with van der Waals surface area (Å²) in [5, 5.41) is 6.33. The monoisotopic (exact) mass is 546 g/mol. The van der Waals surface area contributed by atoms with Gasteiger partial charge in [-0.05, 0) is 64.5 Å². The fraction of sp³-hybridized carbons (Fsp3) is 0.773. The number of carbonyl (C=O) groups excluding carboxylic acids is 1. The largest absolute Gasteiger partial charge is 0.444 e. The normalized spacial score (nSPS) is 19.2. The van der Waals surface area contributed by atoms with Crippen molar-refractivity contribution < 1.29 is 9.21 Å². The van der Waals surface area contributed by atoms with Crippen LogP contribution in [0.25, 0.3) is 0 Å². The minimum absolute atomic E-state index is 0. The third kappa shape index (κ3) is 7.62. The molecule has 0 unspecified atom stereocenters. The van der Waals surface area contributed by atoms with Crippen LogP contribution in [-0.4, -0.2) is 73.5 Å². The zero-order chi connectivity index (χ0) is 21.5. The average Bonchev–Trinajstić information content (AvgIpc) is 3.07. The van der Waals surface area contributed by atoms with Gasteiger partial charge in [0.2, 0.25) is 11.8 Å². The number of amides is 1. The SMILES string of the molecule is CN=C(NCC1CCN(Cc2nc(C)c(C)o2)CC1)N1CCC(CC(=O)NC)CC1.I. The predicted molar refractivity (Wildman–Crippen MR) is 134 cm³/mol. The quantitative estimate of drug-likeness (QED) is 0.324.